The van der Waals surface area contributed by atoms with Crippen molar-refractivity contribution in [2.24, 2.45) is 0 Å². The zero-order valence-electron chi connectivity index (χ0n) is 11.7. The van der Waals surface area contributed by atoms with Crippen LogP contribution in [0.5, 0.6) is 0 Å². The molecular weight excluding hydrogens is 288 g/mol. The molecule has 1 aromatic heterocycles. The van der Waals surface area contributed by atoms with Crippen LogP contribution in [0.2, 0.25) is 0 Å². The lowest BCUT2D eigenvalue weighted by molar-refractivity contribution is -0.130. The van der Waals surface area contributed by atoms with Gasteiger partial charge in [-0.1, -0.05) is 11.8 Å². The van der Waals surface area contributed by atoms with E-state index in [0.29, 0.717) is 4.88 Å². The van der Waals surface area contributed by atoms with E-state index in [0.717, 1.165) is 30.8 Å². The molecule has 0 aromatic carbocycles. The van der Waals surface area contributed by atoms with Gasteiger partial charge in [0.15, 0.2) is 0 Å². The normalized spacial score (nSPS) is 14.2. The molecule has 1 saturated heterocycles. The van der Waals surface area contributed by atoms with E-state index in [-0.39, 0.29) is 25.0 Å². The predicted molar refractivity (Wildman–Crippen MR) is 81.0 cm³/mol. The fourth-order valence-electron chi connectivity index (χ4n) is 2.15. The molecule has 1 aliphatic heterocycles. The Morgan fingerprint density at radius 3 is 2.76 bits per heavy atom. The lowest BCUT2D eigenvalue weighted by Crippen LogP contribution is -2.42. The van der Waals surface area contributed by atoms with Crippen LogP contribution in [0.1, 0.15) is 33.8 Å². The SMILES string of the molecule is O=C(NCC(=O)N1CCCCC1)c1ccc(C#CCO)s1. The smallest absolute Gasteiger partial charge is 0.261 e. The van der Waals surface area contributed by atoms with Crippen LogP contribution in [0.3, 0.4) is 0 Å². The first kappa shape index (κ1) is 15.5. The number of rotatable bonds is 3. The van der Waals surface area contributed by atoms with E-state index in [2.05, 4.69) is 17.2 Å². The highest BCUT2D eigenvalue weighted by atomic mass is 32.1. The molecule has 1 aromatic rings. The highest BCUT2D eigenvalue weighted by Gasteiger charge is 2.17. The molecule has 21 heavy (non-hydrogen) atoms. The first-order valence-corrected chi connectivity index (χ1v) is 7.78. The number of likely N-dealkylation sites (tertiary alicyclic amines) is 1. The minimum absolute atomic E-state index is 0.0279. The first-order valence-electron chi connectivity index (χ1n) is 6.96. The Hall–Kier alpha value is -1.84. The van der Waals surface area contributed by atoms with Crippen LogP contribution in [-0.2, 0) is 4.79 Å². The van der Waals surface area contributed by atoms with Crippen molar-refractivity contribution >= 4 is 23.2 Å². The third kappa shape index (κ3) is 4.59. The van der Waals surface area contributed by atoms with Crippen LogP contribution < -0.4 is 5.32 Å². The molecule has 0 radical (unpaired) electrons. The van der Waals surface area contributed by atoms with Crippen LogP contribution in [0, 0.1) is 11.8 Å². The second-order valence-corrected chi connectivity index (χ2v) is 5.83. The fourth-order valence-corrected chi connectivity index (χ4v) is 2.95. The maximum absolute atomic E-state index is 12.0. The van der Waals surface area contributed by atoms with Gasteiger partial charge >= 0.3 is 0 Å². The lowest BCUT2D eigenvalue weighted by Gasteiger charge is -2.26. The fraction of sp³-hybridized carbons (Fsp3) is 0.467. The molecule has 112 valence electrons. The molecule has 2 N–H and O–H groups in total. The summed E-state index contributed by atoms with van der Waals surface area (Å²) in [6, 6.07) is 3.40. The van der Waals surface area contributed by atoms with Crippen LogP contribution in [0.4, 0.5) is 0 Å². The van der Waals surface area contributed by atoms with Crippen molar-refractivity contribution in [1.82, 2.24) is 10.2 Å². The number of amides is 2. The van der Waals surface area contributed by atoms with Gasteiger partial charge < -0.3 is 15.3 Å². The number of nitrogens with one attached hydrogen (secondary N) is 1. The molecule has 0 spiro atoms. The summed E-state index contributed by atoms with van der Waals surface area (Å²) in [4.78, 5) is 26.9. The van der Waals surface area contributed by atoms with Gasteiger partial charge in [-0.25, -0.2) is 0 Å². The monoisotopic (exact) mass is 306 g/mol. The Bertz CT molecular complexity index is 565. The van der Waals surface area contributed by atoms with Gasteiger partial charge in [-0.15, -0.1) is 11.3 Å². The number of thiophene rings is 1. The summed E-state index contributed by atoms with van der Waals surface area (Å²) in [6.07, 6.45) is 3.25. The number of carbonyl (C=O) groups excluding carboxylic acids is 2. The standard InChI is InChI=1S/C15H18N2O3S/c18-10-4-5-12-6-7-13(21-12)15(20)16-11-14(19)17-8-2-1-3-9-17/h6-7,18H,1-3,8-11H2,(H,16,20). The maximum atomic E-state index is 12.0. The second-order valence-electron chi connectivity index (χ2n) is 4.75. The Morgan fingerprint density at radius 2 is 2.05 bits per heavy atom. The highest BCUT2D eigenvalue weighted by molar-refractivity contribution is 7.14. The highest BCUT2D eigenvalue weighted by Crippen LogP contribution is 2.15. The molecule has 5 nitrogen and oxygen atoms in total. The Balaban J connectivity index is 1.83. The Labute approximate surface area is 128 Å². The van der Waals surface area contributed by atoms with E-state index < -0.39 is 0 Å². The van der Waals surface area contributed by atoms with Crippen molar-refractivity contribution in [2.75, 3.05) is 26.2 Å². The van der Waals surface area contributed by atoms with E-state index >= 15 is 0 Å². The van der Waals surface area contributed by atoms with E-state index in [1.165, 1.54) is 17.8 Å². The van der Waals surface area contributed by atoms with E-state index in [1.54, 1.807) is 17.0 Å². The molecule has 1 fully saturated rings. The number of aliphatic hydroxyl groups excluding tert-OH is 1. The van der Waals surface area contributed by atoms with Gasteiger partial charge in [0.2, 0.25) is 5.91 Å². The first-order chi connectivity index (χ1) is 10.2. The van der Waals surface area contributed by atoms with Gasteiger partial charge in [0.25, 0.3) is 5.91 Å². The molecule has 0 aliphatic carbocycles. The van der Waals surface area contributed by atoms with E-state index in [9.17, 15) is 9.59 Å². The van der Waals surface area contributed by atoms with Gasteiger partial charge in [-0.05, 0) is 31.4 Å². The number of hydrogen-bond donors (Lipinski definition) is 2. The summed E-state index contributed by atoms with van der Waals surface area (Å²) in [5, 5.41) is 11.3. The zero-order chi connectivity index (χ0) is 15.1. The summed E-state index contributed by atoms with van der Waals surface area (Å²) in [6.45, 7) is 1.40. The van der Waals surface area contributed by atoms with E-state index in [4.69, 9.17) is 5.11 Å². The summed E-state index contributed by atoms with van der Waals surface area (Å²) in [5.74, 6) is 4.99. The quantitative estimate of drug-likeness (QED) is 0.813. The number of piperidine rings is 1. The second kappa shape index (κ2) is 7.81. The zero-order valence-corrected chi connectivity index (χ0v) is 12.5. The van der Waals surface area contributed by atoms with Crippen molar-refractivity contribution in [3.63, 3.8) is 0 Å². The van der Waals surface area contributed by atoms with Crippen molar-refractivity contribution in [1.29, 1.82) is 0 Å². The third-order valence-corrected chi connectivity index (χ3v) is 4.23. The van der Waals surface area contributed by atoms with Crippen molar-refractivity contribution in [3.05, 3.63) is 21.9 Å². The van der Waals surface area contributed by atoms with Gasteiger partial charge in [-0.3, -0.25) is 9.59 Å². The molecule has 2 heterocycles. The van der Waals surface area contributed by atoms with Crippen molar-refractivity contribution in [2.45, 2.75) is 19.3 Å². The van der Waals surface area contributed by atoms with Crippen molar-refractivity contribution in [3.8, 4) is 11.8 Å². The number of carbonyl (C=O) groups is 2. The molecule has 0 unspecified atom stereocenters. The van der Waals surface area contributed by atoms with Gasteiger partial charge in [0.1, 0.15) is 6.61 Å². The largest absolute Gasteiger partial charge is 0.384 e. The topological polar surface area (TPSA) is 69.6 Å². The molecule has 6 heteroatoms. The van der Waals surface area contributed by atoms with Gasteiger partial charge in [0.05, 0.1) is 16.3 Å². The van der Waals surface area contributed by atoms with E-state index in [1.807, 2.05) is 0 Å². The Kier molecular flexibility index (Phi) is 5.78. The molecule has 2 amide bonds. The maximum Gasteiger partial charge on any atom is 0.261 e. The van der Waals surface area contributed by atoms with Gasteiger partial charge in [-0.2, -0.15) is 0 Å². The molecular formula is C15H18N2O3S. The number of nitrogens with zero attached hydrogens (tertiary/aromatic N) is 1. The molecule has 0 bridgehead atoms. The van der Waals surface area contributed by atoms with Crippen LogP contribution in [0.15, 0.2) is 12.1 Å². The van der Waals surface area contributed by atoms with Crippen molar-refractivity contribution < 1.29 is 14.7 Å². The molecule has 1 aliphatic rings. The summed E-state index contributed by atoms with van der Waals surface area (Å²) in [5.41, 5.74) is 0. The predicted octanol–water partition coefficient (Wildman–Crippen LogP) is 0.834. The summed E-state index contributed by atoms with van der Waals surface area (Å²) >= 11 is 1.25. The molecule has 0 saturated carbocycles. The van der Waals surface area contributed by atoms with Gasteiger partial charge in [0, 0.05) is 13.1 Å². The summed E-state index contributed by atoms with van der Waals surface area (Å²) in [7, 11) is 0. The van der Waals surface area contributed by atoms with Crippen LogP contribution in [0.25, 0.3) is 0 Å². The summed E-state index contributed by atoms with van der Waals surface area (Å²) < 4.78 is 0. The molecule has 0 atom stereocenters. The average molecular weight is 306 g/mol. The average Bonchev–Trinajstić information content (AvgIpc) is 3.00. The number of aliphatic hydroxyl groups is 1. The Morgan fingerprint density at radius 1 is 1.29 bits per heavy atom. The van der Waals surface area contributed by atoms with Crippen LogP contribution >= 0.6 is 11.3 Å². The minimum atomic E-state index is -0.262. The van der Waals surface area contributed by atoms with Crippen LogP contribution in [-0.4, -0.2) is 48.1 Å². The lowest BCUT2D eigenvalue weighted by atomic mass is 10.1. The third-order valence-electron chi connectivity index (χ3n) is 3.23. The minimum Gasteiger partial charge on any atom is -0.384 e. The number of hydrogen-bond acceptors (Lipinski definition) is 4. The molecule has 2 rings (SSSR count).